The molecule has 0 aromatic heterocycles. The van der Waals surface area contributed by atoms with Gasteiger partial charge in [0.1, 0.15) is 0 Å². The first-order chi connectivity index (χ1) is 26.6. The molecule has 0 aliphatic rings. The largest absolute Gasteiger partial charge is 0.309 e. The lowest BCUT2D eigenvalue weighted by molar-refractivity contribution is 1.30. The maximum absolute atomic E-state index is 2.46. The molecule has 0 radical (unpaired) electrons. The van der Waals surface area contributed by atoms with E-state index in [1.807, 2.05) is 0 Å². The van der Waals surface area contributed by atoms with Gasteiger partial charge < -0.3 is 9.80 Å². The van der Waals surface area contributed by atoms with Gasteiger partial charge in [-0.3, -0.25) is 0 Å². The molecule has 10 aromatic rings. The minimum Gasteiger partial charge on any atom is -0.309 e. The van der Waals surface area contributed by atoms with Crippen LogP contribution in [0.4, 0.5) is 34.1 Å². The standard InChI is InChI=1S/C52H38N2/c1-35-25-29-39(30-26-35)53(49-23-11-15-37-13-3-5-17-41(37)49)51-33-47-44-20-8-10-22-46(44)52(34-48(47)43-19-7-9-21-45(43)51)54(40-31-27-36(2)28-32-40)50-24-12-16-38-14-4-6-18-42(38)50/h3-34H,1-2H3. The van der Waals surface area contributed by atoms with Crippen LogP contribution in [0.1, 0.15) is 11.1 Å². The van der Waals surface area contributed by atoms with E-state index in [1.54, 1.807) is 0 Å². The molecule has 0 fully saturated rings. The summed E-state index contributed by atoms with van der Waals surface area (Å²) in [6, 6.07) is 71.3. The fourth-order valence-electron chi connectivity index (χ4n) is 8.29. The molecular weight excluding hydrogens is 653 g/mol. The molecule has 0 amide bonds. The molecule has 0 saturated carbocycles. The number of benzene rings is 10. The molecule has 2 nitrogen and oxygen atoms in total. The molecule has 0 unspecified atom stereocenters. The molecule has 0 atom stereocenters. The van der Waals surface area contributed by atoms with Crippen LogP contribution < -0.4 is 9.80 Å². The number of fused-ring (bicyclic) bond motifs is 7. The van der Waals surface area contributed by atoms with Crippen LogP contribution in [-0.4, -0.2) is 0 Å². The predicted octanol–water partition coefficient (Wildman–Crippen LogP) is 15.0. The fourth-order valence-corrected chi connectivity index (χ4v) is 8.29. The van der Waals surface area contributed by atoms with Crippen LogP contribution in [0.2, 0.25) is 0 Å². The SMILES string of the molecule is Cc1ccc(N(c2cccc3ccccc23)c2cc3c4ccccc4c(N(c4ccc(C)cc4)c4cccc5ccccc45)cc3c3ccccc23)cc1. The van der Waals surface area contributed by atoms with Crippen molar-refractivity contribution < 1.29 is 0 Å². The van der Waals surface area contributed by atoms with Crippen molar-refractivity contribution in [2.75, 3.05) is 9.80 Å². The topological polar surface area (TPSA) is 6.48 Å². The lowest BCUT2D eigenvalue weighted by Gasteiger charge is -2.31. The highest BCUT2D eigenvalue weighted by Gasteiger charge is 2.23. The summed E-state index contributed by atoms with van der Waals surface area (Å²) in [4.78, 5) is 4.92. The predicted molar refractivity (Wildman–Crippen MR) is 233 cm³/mol. The number of hydrogen-bond acceptors (Lipinski definition) is 2. The van der Waals surface area contributed by atoms with E-state index in [4.69, 9.17) is 0 Å². The van der Waals surface area contributed by atoms with Crippen LogP contribution in [-0.2, 0) is 0 Å². The third-order valence-corrected chi connectivity index (χ3v) is 10.9. The van der Waals surface area contributed by atoms with Gasteiger partial charge in [-0.2, -0.15) is 0 Å². The Bertz CT molecular complexity index is 2800. The number of rotatable bonds is 6. The van der Waals surface area contributed by atoms with E-state index in [0.29, 0.717) is 0 Å². The smallest absolute Gasteiger partial charge is 0.0546 e. The van der Waals surface area contributed by atoms with E-state index < -0.39 is 0 Å². The molecule has 0 aliphatic carbocycles. The zero-order valence-corrected chi connectivity index (χ0v) is 30.4. The monoisotopic (exact) mass is 690 g/mol. The van der Waals surface area contributed by atoms with Crippen molar-refractivity contribution in [2.24, 2.45) is 0 Å². The molecule has 0 bridgehead atoms. The Balaban J connectivity index is 1.31. The van der Waals surface area contributed by atoms with Crippen LogP contribution >= 0.6 is 0 Å². The Kier molecular flexibility index (Phi) is 7.63. The molecule has 0 saturated heterocycles. The highest BCUT2D eigenvalue weighted by Crippen LogP contribution is 2.49. The second-order valence-corrected chi connectivity index (χ2v) is 14.3. The first-order valence-corrected chi connectivity index (χ1v) is 18.7. The number of hydrogen-bond donors (Lipinski definition) is 0. The van der Waals surface area contributed by atoms with Gasteiger partial charge in [0.05, 0.1) is 22.7 Å². The van der Waals surface area contributed by atoms with Gasteiger partial charge in [0, 0.05) is 32.9 Å². The van der Waals surface area contributed by atoms with E-state index in [9.17, 15) is 0 Å². The molecule has 10 aromatic carbocycles. The van der Waals surface area contributed by atoms with E-state index in [1.165, 1.54) is 65.0 Å². The lowest BCUT2D eigenvalue weighted by atomic mass is 9.93. The second kappa shape index (κ2) is 12.9. The molecule has 54 heavy (non-hydrogen) atoms. The van der Waals surface area contributed by atoms with Crippen LogP contribution in [0.25, 0.3) is 53.9 Å². The Morgan fingerprint density at radius 3 is 1.00 bits per heavy atom. The molecule has 10 rings (SSSR count). The van der Waals surface area contributed by atoms with E-state index >= 15 is 0 Å². The molecule has 2 heteroatoms. The van der Waals surface area contributed by atoms with Gasteiger partial charge in [-0.15, -0.1) is 0 Å². The van der Waals surface area contributed by atoms with Gasteiger partial charge in [0.2, 0.25) is 0 Å². The first-order valence-electron chi connectivity index (χ1n) is 18.7. The van der Waals surface area contributed by atoms with Gasteiger partial charge in [-0.1, -0.05) is 157 Å². The van der Waals surface area contributed by atoms with Gasteiger partial charge in [-0.25, -0.2) is 0 Å². The Morgan fingerprint density at radius 2 is 0.593 bits per heavy atom. The fraction of sp³-hybridized carbons (Fsp3) is 0.0385. The lowest BCUT2D eigenvalue weighted by Crippen LogP contribution is -2.12. The summed E-state index contributed by atoms with van der Waals surface area (Å²) in [5.74, 6) is 0. The third-order valence-electron chi connectivity index (χ3n) is 10.9. The highest BCUT2D eigenvalue weighted by molar-refractivity contribution is 6.25. The van der Waals surface area contributed by atoms with E-state index in [2.05, 4.69) is 218 Å². The van der Waals surface area contributed by atoms with Crippen LogP contribution in [0, 0.1) is 13.8 Å². The number of anilines is 6. The molecule has 256 valence electrons. The van der Waals surface area contributed by atoms with Crippen LogP contribution in [0.5, 0.6) is 0 Å². The Hall–Kier alpha value is -6.90. The quantitative estimate of drug-likeness (QED) is 0.160. The molecule has 0 heterocycles. The molecule has 0 N–H and O–H groups in total. The molecule has 0 spiro atoms. The zero-order valence-electron chi connectivity index (χ0n) is 30.4. The van der Waals surface area contributed by atoms with Crippen molar-refractivity contribution >= 4 is 88.0 Å². The summed E-state index contributed by atoms with van der Waals surface area (Å²) in [5, 5.41) is 12.2. The maximum Gasteiger partial charge on any atom is 0.0546 e. The number of nitrogens with zero attached hydrogens (tertiary/aromatic N) is 2. The van der Waals surface area contributed by atoms with E-state index in [0.717, 1.165) is 34.1 Å². The van der Waals surface area contributed by atoms with Gasteiger partial charge in [-0.05, 0) is 94.7 Å². The van der Waals surface area contributed by atoms with Crippen molar-refractivity contribution in [3.8, 4) is 0 Å². The van der Waals surface area contributed by atoms with Crippen molar-refractivity contribution in [1.29, 1.82) is 0 Å². The maximum atomic E-state index is 2.46. The summed E-state index contributed by atoms with van der Waals surface area (Å²) in [7, 11) is 0. The summed E-state index contributed by atoms with van der Waals surface area (Å²) in [6.45, 7) is 4.30. The van der Waals surface area contributed by atoms with Crippen molar-refractivity contribution in [1.82, 2.24) is 0 Å². The van der Waals surface area contributed by atoms with Crippen LogP contribution in [0.15, 0.2) is 194 Å². The van der Waals surface area contributed by atoms with E-state index in [-0.39, 0.29) is 0 Å². The normalized spacial score (nSPS) is 11.5. The minimum atomic E-state index is 1.13. The third kappa shape index (κ3) is 5.26. The zero-order chi connectivity index (χ0) is 36.2. The van der Waals surface area contributed by atoms with Crippen molar-refractivity contribution in [3.05, 3.63) is 205 Å². The summed E-state index contributed by atoms with van der Waals surface area (Å²) >= 11 is 0. The van der Waals surface area contributed by atoms with Crippen molar-refractivity contribution in [3.63, 3.8) is 0 Å². The molecular formula is C52H38N2. The summed E-state index contributed by atoms with van der Waals surface area (Å²) in [6.07, 6.45) is 0. The van der Waals surface area contributed by atoms with Gasteiger partial charge in [0.25, 0.3) is 0 Å². The highest BCUT2D eigenvalue weighted by atomic mass is 15.2. The number of aryl methyl sites for hydroxylation is 2. The Labute approximate surface area is 315 Å². The molecule has 0 aliphatic heterocycles. The second-order valence-electron chi connectivity index (χ2n) is 14.3. The van der Waals surface area contributed by atoms with Gasteiger partial charge >= 0.3 is 0 Å². The Morgan fingerprint density at radius 1 is 0.259 bits per heavy atom. The first kappa shape index (κ1) is 31.8. The minimum absolute atomic E-state index is 1.13. The summed E-state index contributed by atoms with van der Waals surface area (Å²) < 4.78 is 0. The van der Waals surface area contributed by atoms with Crippen LogP contribution in [0.3, 0.4) is 0 Å². The van der Waals surface area contributed by atoms with Gasteiger partial charge in [0.15, 0.2) is 0 Å². The average Bonchev–Trinajstić information content (AvgIpc) is 3.23. The summed E-state index contributed by atoms with van der Waals surface area (Å²) in [5.41, 5.74) is 9.35. The average molecular weight is 691 g/mol. The van der Waals surface area contributed by atoms with Crippen molar-refractivity contribution in [2.45, 2.75) is 13.8 Å².